The summed E-state index contributed by atoms with van der Waals surface area (Å²) in [6, 6.07) is 0. The highest BCUT2D eigenvalue weighted by Crippen LogP contribution is 2.15. The van der Waals surface area contributed by atoms with Crippen molar-refractivity contribution in [3.8, 4) is 49.4 Å². The number of hydrogen-bond donors (Lipinski definition) is 1. The van der Waals surface area contributed by atoms with Crippen molar-refractivity contribution in [3.63, 3.8) is 0 Å². The van der Waals surface area contributed by atoms with Gasteiger partial charge in [-0.3, -0.25) is 9.59 Å². The molecule has 0 aliphatic rings. The third-order valence-corrected chi connectivity index (χ3v) is 11.6. The number of unbranched alkanes of at least 4 members (excludes halogenated alkanes) is 24. The molecular formula is C57H97NO9. The highest BCUT2D eigenvalue weighted by atomic mass is 16.7. The van der Waals surface area contributed by atoms with E-state index in [1.54, 1.807) is 0 Å². The molecule has 384 valence electrons. The summed E-state index contributed by atoms with van der Waals surface area (Å²) in [6.45, 7) is 6.53. The maximum Gasteiger partial charge on any atom is 0.305 e. The Balaban J connectivity index is 4.22. The predicted octanol–water partition coefficient (Wildman–Crippen LogP) is 12.3. The van der Waals surface area contributed by atoms with E-state index in [2.05, 4.69) is 28.6 Å². The van der Waals surface area contributed by atoms with Crippen molar-refractivity contribution in [3.05, 3.63) is 0 Å². The van der Waals surface area contributed by atoms with E-state index in [0.29, 0.717) is 52.5 Å². The van der Waals surface area contributed by atoms with Gasteiger partial charge in [0.1, 0.15) is 0 Å². The molecule has 67 heavy (non-hydrogen) atoms. The molecule has 1 N–H and O–H groups in total. The van der Waals surface area contributed by atoms with Crippen LogP contribution in [0, 0.1) is 49.4 Å². The summed E-state index contributed by atoms with van der Waals surface area (Å²) in [4.78, 5) is 27.5. The number of esters is 2. The Hall–Kier alpha value is -3.06. The molecule has 0 fully saturated rings. The van der Waals surface area contributed by atoms with E-state index < -0.39 is 12.6 Å². The van der Waals surface area contributed by atoms with E-state index in [1.165, 1.54) is 0 Å². The van der Waals surface area contributed by atoms with Gasteiger partial charge in [0, 0.05) is 78.1 Å². The first kappa shape index (κ1) is 63.9. The first-order valence-corrected chi connectivity index (χ1v) is 26.8. The van der Waals surface area contributed by atoms with Crippen LogP contribution in [0.1, 0.15) is 225 Å². The van der Waals surface area contributed by atoms with E-state index >= 15 is 0 Å². The number of carbonyl (C=O) groups is 2. The van der Waals surface area contributed by atoms with E-state index in [9.17, 15) is 14.7 Å². The first-order chi connectivity index (χ1) is 33.0. The van der Waals surface area contributed by atoms with Gasteiger partial charge in [-0.05, 0) is 96.6 Å². The van der Waals surface area contributed by atoms with Gasteiger partial charge in [0.15, 0.2) is 12.6 Å². The molecule has 0 aliphatic heterocycles. The van der Waals surface area contributed by atoms with Crippen molar-refractivity contribution < 1.29 is 43.1 Å². The molecule has 0 heterocycles. The average molecular weight is 940 g/mol. The van der Waals surface area contributed by atoms with Crippen molar-refractivity contribution in [1.29, 1.82) is 0 Å². The summed E-state index contributed by atoms with van der Waals surface area (Å²) in [5.74, 6) is 10.4. The summed E-state index contributed by atoms with van der Waals surface area (Å²) in [7, 11) is 0. The highest BCUT2D eigenvalue weighted by molar-refractivity contribution is 5.69. The van der Waals surface area contributed by atoms with Crippen LogP contribution in [0.4, 0.5) is 0 Å². The SMILES string of the molecule is C#CCCCCCCOC(CCC(=O)OCCCCCCCN(CCCO)CCCCCCCOC(=O)CCC(OCCCCCCC#C)OCCCCCCC#C)OCCCCCCC#C. The second-order valence-electron chi connectivity index (χ2n) is 17.8. The molecule has 0 unspecified atom stereocenters. The number of aliphatic hydroxyl groups excluding tert-OH is 1. The zero-order valence-corrected chi connectivity index (χ0v) is 42.4. The summed E-state index contributed by atoms with van der Waals surface area (Å²) >= 11 is 0. The fourth-order valence-corrected chi connectivity index (χ4v) is 7.57. The highest BCUT2D eigenvalue weighted by Gasteiger charge is 2.15. The second-order valence-corrected chi connectivity index (χ2v) is 17.8. The zero-order chi connectivity index (χ0) is 48.8. The lowest BCUT2D eigenvalue weighted by atomic mass is 10.1. The van der Waals surface area contributed by atoms with Crippen molar-refractivity contribution >= 4 is 11.9 Å². The largest absolute Gasteiger partial charge is 0.466 e. The fraction of sp³-hybridized carbons (Fsp3) is 0.825. The molecule has 0 spiro atoms. The molecule has 10 nitrogen and oxygen atoms in total. The molecule has 0 aromatic rings. The van der Waals surface area contributed by atoms with Gasteiger partial charge < -0.3 is 38.4 Å². The molecule has 0 radical (unpaired) electrons. The van der Waals surface area contributed by atoms with E-state index in [1.807, 2.05) is 0 Å². The summed E-state index contributed by atoms with van der Waals surface area (Å²) in [5, 5.41) is 9.45. The lowest BCUT2D eigenvalue weighted by Crippen LogP contribution is -2.27. The molecule has 0 saturated heterocycles. The van der Waals surface area contributed by atoms with Crippen LogP contribution in [0.3, 0.4) is 0 Å². The Morgan fingerprint density at radius 2 is 0.642 bits per heavy atom. The number of hydrogen-bond acceptors (Lipinski definition) is 10. The van der Waals surface area contributed by atoms with Crippen LogP contribution in [0.2, 0.25) is 0 Å². The normalized spacial score (nSPS) is 11.2. The minimum atomic E-state index is -0.395. The van der Waals surface area contributed by atoms with Crippen LogP contribution >= 0.6 is 0 Å². The van der Waals surface area contributed by atoms with Crippen LogP contribution in [0.15, 0.2) is 0 Å². The predicted molar refractivity (Wildman–Crippen MR) is 274 cm³/mol. The van der Waals surface area contributed by atoms with E-state index in [-0.39, 0.29) is 31.4 Å². The minimum absolute atomic E-state index is 0.194. The quantitative estimate of drug-likeness (QED) is 0.0274. The minimum Gasteiger partial charge on any atom is -0.466 e. The maximum atomic E-state index is 12.5. The van der Waals surface area contributed by atoms with Gasteiger partial charge in [-0.15, -0.1) is 49.4 Å². The van der Waals surface area contributed by atoms with Gasteiger partial charge in [-0.1, -0.05) is 89.9 Å². The summed E-state index contributed by atoms with van der Waals surface area (Å²) in [5.41, 5.74) is 0. The Labute approximate surface area is 411 Å². The Morgan fingerprint density at radius 1 is 0.373 bits per heavy atom. The number of nitrogens with zero attached hydrogens (tertiary/aromatic N) is 1. The maximum absolute atomic E-state index is 12.5. The number of ether oxygens (including phenoxy) is 6. The molecule has 0 aromatic heterocycles. The molecule has 0 saturated carbocycles. The van der Waals surface area contributed by atoms with Crippen molar-refractivity contribution in [2.45, 2.75) is 237 Å². The number of carbonyl (C=O) groups excluding carboxylic acids is 2. The number of rotatable bonds is 53. The van der Waals surface area contributed by atoms with E-state index in [4.69, 9.17) is 54.1 Å². The second kappa shape index (κ2) is 53.9. The molecule has 0 rings (SSSR count). The van der Waals surface area contributed by atoms with Crippen molar-refractivity contribution in [1.82, 2.24) is 4.90 Å². The average Bonchev–Trinajstić information content (AvgIpc) is 3.33. The zero-order valence-electron chi connectivity index (χ0n) is 42.4. The van der Waals surface area contributed by atoms with Crippen LogP contribution in [0.5, 0.6) is 0 Å². The third kappa shape index (κ3) is 49.2. The molecule has 0 aliphatic carbocycles. The van der Waals surface area contributed by atoms with Gasteiger partial charge in [-0.2, -0.15) is 0 Å². The van der Waals surface area contributed by atoms with Crippen LogP contribution < -0.4 is 0 Å². The van der Waals surface area contributed by atoms with Crippen molar-refractivity contribution in [2.24, 2.45) is 0 Å². The molecule has 0 aromatic carbocycles. The first-order valence-electron chi connectivity index (χ1n) is 26.8. The molecule has 0 atom stereocenters. The van der Waals surface area contributed by atoms with Crippen LogP contribution in [-0.4, -0.2) is 100 Å². The smallest absolute Gasteiger partial charge is 0.305 e. The Kier molecular flexibility index (Phi) is 51.4. The molecule has 0 amide bonds. The van der Waals surface area contributed by atoms with Gasteiger partial charge in [0.25, 0.3) is 0 Å². The monoisotopic (exact) mass is 940 g/mol. The van der Waals surface area contributed by atoms with Crippen molar-refractivity contribution in [2.75, 3.05) is 65.9 Å². The van der Waals surface area contributed by atoms with Gasteiger partial charge >= 0.3 is 11.9 Å². The summed E-state index contributed by atoms with van der Waals surface area (Å²) in [6.07, 6.45) is 53.4. The standard InChI is InChI=1S/C57H97NO9/c1-5-9-13-17-25-35-50-64-56(65-51-36-26-18-14-10-6-2)42-40-54(60)62-48-33-29-21-23-31-44-58(46-39-47-59)45-32-24-22-30-34-49-63-55(61)41-43-57(66-52-37-27-19-15-11-7-3)67-53-38-28-20-16-12-8-4/h1-4,56-57,59H,9-53H2. The lowest BCUT2D eigenvalue weighted by Gasteiger charge is -2.22. The molecular weight excluding hydrogens is 843 g/mol. The summed E-state index contributed by atoms with van der Waals surface area (Å²) < 4.78 is 35.2. The third-order valence-electron chi connectivity index (χ3n) is 11.6. The number of terminal acetylenes is 4. The van der Waals surface area contributed by atoms with E-state index in [0.717, 1.165) is 219 Å². The van der Waals surface area contributed by atoms with Crippen LogP contribution in [0.25, 0.3) is 0 Å². The fourth-order valence-electron chi connectivity index (χ4n) is 7.57. The lowest BCUT2D eigenvalue weighted by molar-refractivity contribution is -0.159. The topological polar surface area (TPSA) is 113 Å². The Bertz CT molecular complexity index is 1120. The van der Waals surface area contributed by atoms with Gasteiger partial charge in [0.2, 0.25) is 0 Å². The molecule has 0 bridgehead atoms. The Morgan fingerprint density at radius 3 is 0.955 bits per heavy atom. The van der Waals surface area contributed by atoms with Gasteiger partial charge in [0.05, 0.1) is 26.1 Å². The van der Waals surface area contributed by atoms with Crippen LogP contribution in [-0.2, 0) is 38.0 Å². The van der Waals surface area contributed by atoms with Gasteiger partial charge in [-0.25, -0.2) is 0 Å². The number of aliphatic hydroxyl groups is 1. The molecule has 10 heteroatoms.